The van der Waals surface area contributed by atoms with Crippen molar-refractivity contribution < 1.29 is 13.2 Å². The van der Waals surface area contributed by atoms with Gasteiger partial charge in [-0.1, -0.05) is 54.1 Å². The fraction of sp³-hybridized carbons (Fsp3) is 0.269. The molecule has 32 heavy (non-hydrogen) atoms. The molecule has 3 aromatic rings. The Kier molecular flexibility index (Phi) is 6.44. The van der Waals surface area contributed by atoms with Gasteiger partial charge < -0.3 is 5.32 Å². The first-order valence-corrected chi connectivity index (χ1v) is 12.4. The average Bonchev–Trinajstić information content (AvgIpc) is 3.36. The molecule has 6 heteroatoms. The molecule has 0 saturated carbocycles. The molecule has 1 saturated heterocycles. The Morgan fingerprint density at radius 2 is 1.56 bits per heavy atom. The van der Waals surface area contributed by atoms with Gasteiger partial charge in [0.2, 0.25) is 10.0 Å². The summed E-state index contributed by atoms with van der Waals surface area (Å²) >= 11 is 0. The minimum absolute atomic E-state index is 0.109. The topological polar surface area (TPSA) is 66.5 Å². The molecule has 1 atom stereocenters. The summed E-state index contributed by atoms with van der Waals surface area (Å²) in [7, 11) is -3.43. The Morgan fingerprint density at radius 3 is 2.22 bits per heavy atom. The summed E-state index contributed by atoms with van der Waals surface area (Å²) in [6.07, 6.45) is 1.82. The van der Waals surface area contributed by atoms with Gasteiger partial charge in [-0.2, -0.15) is 4.31 Å². The summed E-state index contributed by atoms with van der Waals surface area (Å²) in [6.45, 7) is 5.17. The van der Waals surface area contributed by atoms with Crippen molar-refractivity contribution in [2.45, 2.75) is 37.6 Å². The zero-order valence-corrected chi connectivity index (χ0v) is 19.2. The molecular formula is C26H28N2O3S. The first-order chi connectivity index (χ1) is 15.3. The Hall–Kier alpha value is -2.96. The molecule has 5 nitrogen and oxygen atoms in total. The van der Waals surface area contributed by atoms with Gasteiger partial charge in [0, 0.05) is 18.7 Å². The highest BCUT2D eigenvalue weighted by molar-refractivity contribution is 7.89. The summed E-state index contributed by atoms with van der Waals surface area (Å²) in [5.41, 5.74) is 4.53. The van der Waals surface area contributed by atoms with E-state index in [0.717, 1.165) is 29.5 Å². The minimum atomic E-state index is -3.43. The average molecular weight is 449 g/mol. The lowest BCUT2D eigenvalue weighted by molar-refractivity contribution is 0.0940. The summed E-state index contributed by atoms with van der Waals surface area (Å²) in [6, 6.07) is 22.3. The van der Waals surface area contributed by atoms with E-state index in [2.05, 4.69) is 5.32 Å². The van der Waals surface area contributed by atoms with Gasteiger partial charge in [-0.3, -0.25) is 4.79 Å². The summed E-state index contributed by atoms with van der Waals surface area (Å²) in [5.74, 6) is -0.145. The van der Waals surface area contributed by atoms with Gasteiger partial charge in [0.05, 0.1) is 10.9 Å². The van der Waals surface area contributed by atoms with E-state index in [4.69, 9.17) is 0 Å². The lowest BCUT2D eigenvalue weighted by Gasteiger charge is -2.16. The van der Waals surface area contributed by atoms with Gasteiger partial charge in [0.1, 0.15) is 0 Å². The molecule has 0 aliphatic carbocycles. The van der Waals surface area contributed by atoms with Crippen LogP contribution in [0.1, 0.15) is 47.3 Å². The highest BCUT2D eigenvalue weighted by atomic mass is 32.2. The quantitative estimate of drug-likeness (QED) is 0.581. The first-order valence-electron chi connectivity index (χ1n) is 10.9. The van der Waals surface area contributed by atoms with Crippen LogP contribution in [0.4, 0.5) is 0 Å². The van der Waals surface area contributed by atoms with E-state index in [1.165, 1.54) is 5.56 Å². The number of nitrogens with zero attached hydrogens (tertiary/aromatic N) is 1. The molecule has 0 radical (unpaired) electrons. The van der Waals surface area contributed by atoms with Crippen molar-refractivity contribution in [2.75, 3.05) is 13.1 Å². The van der Waals surface area contributed by atoms with Crippen molar-refractivity contribution in [3.63, 3.8) is 0 Å². The molecule has 1 fully saturated rings. The molecule has 0 spiro atoms. The van der Waals surface area contributed by atoms with E-state index in [0.29, 0.717) is 23.5 Å². The van der Waals surface area contributed by atoms with Gasteiger partial charge in [0.25, 0.3) is 5.91 Å². The molecule has 166 valence electrons. The van der Waals surface area contributed by atoms with E-state index in [-0.39, 0.29) is 11.9 Å². The maximum Gasteiger partial charge on any atom is 0.251 e. The maximum atomic E-state index is 12.8. The predicted molar refractivity (Wildman–Crippen MR) is 127 cm³/mol. The molecule has 1 N–H and O–H groups in total. The third-order valence-electron chi connectivity index (χ3n) is 5.94. The normalized spacial score (nSPS) is 15.4. The van der Waals surface area contributed by atoms with Crippen LogP contribution in [-0.4, -0.2) is 31.7 Å². The van der Waals surface area contributed by atoms with Crippen LogP contribution in [0.2, 0.25) is 0 Å². The number of carbonyl (C=O) groups excluding carboxylic acids is 1. The number of amides is 1. The van der Waals surface area contributed by atoms with Gasteiger partial charge in [-0.15, -0.1) is 0 Å². The Bertz CT molecular complexity index is 1200. The number of rotatable bonds is 6. The Balaban J connectivity index is 1.50. The molecule has 1 heterocycles. The van der Waals surface area contributed by atoms with Gasteiger partial charge in [-0.25, -0.2) is 8.42 Å². The third-order valence-corrected chi connectivity index (χ3v) is 7.85. The molecule has 1 aliphatic heterocycles. The van der Waals surface area contributed by atoms with Crippen molar-refractivity contribution >= 4 is 15.9 Å². The SMILES string of the molecule is Cc1ccc([C@@H](C)NC(=O)c2cccc(-c3ccc(S(=O)(=O)N4CCCC4)cc3)c2)cc1. The number of benzene rings is 3. The van der Waals surface area contributed by atoms with Crippen molar-refractivity contribution in [3.8, 4) is 11.1 Å². The predicted octanol–water partition coefficient (Wildman–Crippen LogP) is 4.94. The largest absolute Gasteiger partial charge is 0.346 e. The molecule has 0 aromatic heterocycles. The van der Waals surface area contributed by atoms with Gasteiger partial charge >= 0.3 is 0 Å². The van der Waals surface area contributed by atoms with E-state index >= 15 is 0 Å². The van der Waals surface area contributed by atoms with Crippen molar-refractivity contribution in [1.29, 1.82) is 0 Å². The molecule has 3 aromatic carbocycles. The lowest BCUT2D eigenvalue weighted by Crippen LogP contribution is -2.27. The molecule has 1 aliphatic rings. The van der Waals surface area contributed by atoms with Crippen LogP contribution in [0, 0.1) is 6.92 Å². The Morgan fingerprint density at radius 1 is 0.906 bits per heavy atom. The highest BCUT2D eigenvalue weighted by Crippen LogP contribution is 2.26. The van der Waals surface area contributed by atoms with Crippen LogP contribution >= 0.6 is 0 Å². The minimum Gasteiger partial charge on any atom is -0.346 e. The summed E-state index contributed by atoms with van der Waals surface area (Å²) < 4.78 is 27.0. The van der Waals surface area contributed by atoms with Gasteiger partial charge in [0.15, 0.2) is 0 Å². The van der Waals surface area contributed by atoms with Crippen molar-refractivity contribution in [3.05, 3.63) is 89.5 Å². The number of sulfonamides is 1. The van der Waals surface area contributed by atoms with Crippen LogP contribution in [-0.2, 0) is 10.0 Å². The van der Waals surface area contributed by atoms with E-state index in [1.807, 2.05) is 56.3 Å². The van der Waals surface area contributed by atoms with Crippen LogP contribution < -0.4 is 5.32 Å². The second kappa shape index (κ2) is 9.27. The van der Waals surface area contributed by atoms with Crippen molar-refractivity contribution in [1.82, 2.24) is 9.62 Å². The second-order valence-electron chi connectivity index (χ2n) is 8.32. The third kappa shape index (κ3) is 4.76. The molecule has 1 amide bonds. The monoisotopic (exact) mass is 448 g/mol. The fourth-order valence-electron chi connectivity index (χ4n) is 3.96. The van der Waals surface area contributed by atoms with E-state index < -0.39 is 10.0 Å². The van der Waals surface area contributed by atoms with Crippen LogP contribution in [0.5, 0.6) is 0 Å². The van der Waals surface area contributed by atoms with Crippen LogP contribution in [0.15, 0.2) is 77.7 Å². The molecule has 0 unspecified atom stereocenters. The fourth-order valence-corrected chi connectivity index (χ4v) is 5.47. The van der Waals surface area contributed by atoms with Crippen LogP contribution in [0.3, 0.4) is 0 Å². The number of carbonyl (C=O) groups is 1. The molecule has 4 rings (SSSR count). The second-order valence-corrected chi connectivity index (χ2v) is 10.3. The maximum absolute atomic E-state index is 12.8. The smallest absolute Gasteiger partial charge is 0.251 e. The number of hydrogen-bond acceptors (Lipinski definition) is 3. The highest BCUT2D eigenvalue weighted by Gasteiger charge is 2.27. The number of nitrogens with one attached hydrogen (secondary N) is 1. The van der Waals surface area contributed by atoms with Gasteiger partial charge in [-0.05, 0) is 67.6 Å². The van der Waals surface area contributed by atoms with E-state index in [1.54, 1.807) is 34.6 Å². The lowest BCUT2D eigenvalue weighted by atomic mass is 10.0. The van der Waals surface area contributed by atoms with Crippen LogP contribution in [0.25, 0.3) is 11.1 Å². The van der Waals surface area contributed by atoms with E-state index in [9.17, 15) is 13.2 Å². The zero-order valence-electron chi connectivity index (χ0n) is 18.4. The first kappa shape index (κ1) is 22.2. The molecule has 0 bridgehead atoms. The Labute approximate surface area is 190 Å². The van der Waals surface area contributed by atoms with Crippen molar-refractivity contribution in [2.24, 2.45) is 0 Å². The zero-order chi connectivity index (χ0) is 22.7. The number of aryl methyl sites for hydroxylation is 1. The summed E-state index contributed by atoms with van der Waals surface area (Å²) in [4.78, 5) is 13.1. The standard InChI is InChI=1S/C26H28N2O3S/c1-19-8-10-21(11-9-19)20(2)27-26(29)24-7-5-6-23(18-24)22-12-14-25(15-13-22)32(30,31)28-16-3-4-17-28/h5-15,18,20H,3-4,16-17H2,1-2H3,(H,27,29)/t20-/m1/s1. The summed E-state index contributed by atoms with van der Waals surface area (Å²) in [5, 5.41) is 3.05. The number of hydrogen-bond donors (Lipinski definition) is 1. The molecular weight excluding hydrogens is 420 g/mol.